The predicted molar refractivity (Wildman–Crippen MR) is 80.6 cm³/mol. The monoisotopic (exact) mass is 421 g/mol. The van der Waals surface area contributed by atoms with Gasteiger partial charge in [0.05, 0.1) is 24.0 Å². The molecule has 25 heavy (non-hydrogen) atoms. The molecule has 2 N–H and O–H groups in total. The van der Waals surface area contributed by atoms with Crippen LogP contribution in [0.2, 0.25) is 0 Å². The van der Waals surface area contributed by atoms with Gasteiger partial charge in [-0.05, 0) is 12.1 Å². The fraction of sp³-hybridized carbons (Fsp3) is 0.143. The van der Waals surface area contributed by atoms with Crippen LogP contribution in [0.25, 0.3) is 5.69 Å². The quantitative estimate of drug-likeness (QED) is 0.604. The van der Waals surface area contributed by atoms with E-state index in [1.807, 2.05) is 0 Å². The van der Waals surface area contributed by atoms with Crippen molar-refractivity contribution in [1.29, 1.82) is 5.26 Å². The van der Waals surface area contributed by atoms with Gasteiger partial charge in [-0.3, -0.25) is 0 Å². The van der Waals surface area contributed by atoms with Gasteiger partial charge in [-0.25, -0.2) is 9.18 Å². The first kappa shape index (κ1) is 18.6. The number of nitrogens with zero attached hydrogens (tertiary/aromatic N) is 2. The molecule has 6 nitrogen and oxygen atoms in total. The predicted octanol–water partition coefficient (Wildman–Crippen LogP) is 3.52. The van der Waals surface area contributed by atoms with E-state index in [9.17, 15) is 22.4 Å². The molecule has 0 saturated carbocycles. The van der Waals surface area contributed by atoms with Crippen molar-refractivity contribution < 1.29 is 31.8 Å². The van der Waals surface area contributed by atoms with E-state index >= 15 is 0 Å². The van der Waals surface area contributed by atoms with Crippen molar-refractivity contribution in [2.75, 3.05) is 12.8 Å². The molecule has 2 aromatic rings. The normalized spacial score (nSPS) is 11.1. The SMILES string of the molecule is COC(=O)c1c(N)c(C#N)cn1-c1cc(Br)cc(F)c1OC(F)(F)F. The number of halogens is 5. The Morgan fingerprint density at radius 3 is 2.56 bits per heavy atom. The molecule has 0 fully saturated rings. The van der Waals surface area contributed by atoms with E-state index in [1.165, 1.54) is 0 Å². The zero-order valence-corrected chi connectivity index (χ0v) is 13.9. The number of aromatic nitrogens is 1. The molecule has 0 unspecified atom stereocenters. The van der Waals surface area contributed by atoms with Crippen LogP contribution < -0.4 is 10.5 Å². The molecule has 0 aliphatic carbocycles. The third kappa shape index (κ3) is 3.69. The second-order valence-electron chi connectivity index (χ2n) is 4.56. The number of esters is 1. The Morgan fingerprint density at radius 2 is 2.04 bits per heavy atom. The van der Waals surface area contributed by atoms with Gasteiger partial charge >= 0.3 is 12.3 Å². The maximum Gasteiger partial charge on any atom is 0.573 e. The van der Waals surface area contributed by atoms with Crippen molar-refractivity contribution in [2.45, 2.75) is 6.36 Å². The van der Waals surface area contributed by atoms with E-state index in [1.54, 1.807) is 6.07 Å². The first-order valence-electron chi connectivity index (χ1n) is 6.33. The van der Waals surface area contributed by atoms with Crippen molar-refractivity contribution in [3.05, 3.63) is 39.9 Å². The van der Waals surface area contributed by atoms with Crippen molar-refractivity contribution in [3.63, 3.8) is 0 Å². The van der Waals surface area contributed by atoms with Crippen LogP contribution in [-0.2, 0) is 4.74 Å². The minimum atomic E-state index is -5.19. The van der Waals surface area contributed by atoms with E-state index in [2.05, 4.69) is 25.4 Å². The number of hydrogen-bond donors (Lipinski definition) is 1. The van der Waals surface area contributed by atoms with Crippen LogP contribution in [0.5, 0.6) is 5.75 Å². The number of anilines is 1. The molecule has 1 heterocycles. The zero-order chi connectivity index (χ0) is 18.9. The summed E-state index contributed by atoms with van der Waals surface area (Å²) in [6.45, 7) is 0. The largest absolute Gasteiger partial charge is 0.573 e. The molecular weight excluding hydrogens is 414 g/mol. The number of methoxy groups -OCH3 is 1. The van der Waals surface area contributed by atoms with Gasteiger partial charge in [0.1, 0.15) is 6.07 Å². The molecule has 0 aliphatic rings. The third-order valence-electron chi connectivity index (χ3n) is 3.01. The molecule has 2 rings (SSSR count). The van der Waals surface area contributed by atoms with Crippen LogP contribution in [0.15, 0.2) is 22.8 Å². The van der Waals surface area contributed by atoms with Crippen molar-refractivity contribution >= 4 is 27.6 Å². The number of alkyl halides is 3. The summed E-state index contributed by atoms with van der Waals surface area (Å²) >= 11 is 2.94. The fourth-order valence-electron chi connectivity index (χ4n) is 2.05. The van der Waals surface area contributed by atoms with Crippen LogP contribution in [0, 0.1) is 17.1 Å². The van der Waals surface area contributed by atoms with Gasteiger partial charge in [0.25, 0.3) is 0 Å². The van der Waals surface area contributed by atoms with Crippen molar-refractivity contribution in [2.24, 2.45) is 0 Å². The summed E-state index contributed by atoms with van der Waals surface area (Å²) < 4.78 is 61.0. The number of hydrogen-bond acceptors (Lipinski definition) is 5. The van der Waals surface area contributed by atoms with Gasteiger partial charge in [-0.15, -0.1) is 13.2 Å². The van der Waals surface area contributed by atoms with Crippen molar-refractivity contribution in [1.82, 2.24) is 4.57 Å². The highest BCUT2D eigenvalue weighted by atomic mass is 79.9. The van der Waals surface area contributed by atoms with Gasteiger partial charge in [0.15, 0.2) is 17.3 Å². The maximum absolute atomic E-state index is 14.1. The number of benzene rings is 1. The fourth-order valence-corrected chi connectivity index (χ4v) is 2.46. The minimum absolute atomic E-state index is 0.0659. The summed E-state index contributed by atoms with van der Waals surface area (Å²) in [6, 6.07) is 3.50. The molecule has 0 spiro atoms. The molecule has 1 aromatic carbocycles. The van der Waals surface area contributed by atoms with Crippen LogP contribution in [0.4, 0.5) is 23.2 Å². The van der Waals surface area contributed by atoms with Gasteiger partial charge in [0.2, 0.25) is 0 Å². The lowest BCUT2D eigenvalue weighted by molar-refractivity contribution is -0.275. The lowest BCUT2D eigenvalue weighted by atomic mass is 10.2. The standard InChI is InChI=1S/C14H8BrF4N3O3/c1-24-13(23)11-10(21)6(4-20)5-22(11)9-3-7(15)2-8(16)12(9)25-14(17,18)19/h2-3,5H,21H2,1H3. The number of nitrogens with two attached hydrogens (primary N) is 1. The zero-order valence-electron chi connectivity index (χ0n) is 12.3. The average molecular weight is 422 g/mol. The number of carbonyl (C=O) groups excluding carboxylic acids is 1. The van der Waals surface area contributed by atoms with Crippen LogP contribution >= 0.6 is 15.9 Å². The molecule has 0 atom stereocenters. The minimum Gasteiger partial charge on any atom is -0.464 e. The second kappa shape index (κ2) is 6.64. The van der Waals surface area contributed by atoms with E-state index in [0.717, 1.165) is 30.0 Å². The second-order valence-corrected chi connectivity index (χ2v) is 5.48. The highest BCUT2D eigenvalue weighted by molar-refractivity contribution is 9.10. The summed E-state index contributed by atoms with van der Waals surface area (Å²) in [6.07, 6.45) is -4.21. The summed E-state index contributed by atoms with van der Waals surface area (Å²) in [5.74, 6) is -3.57. The molecular formula is C14H8BrF4N3O3. The number of nitrogen functional groups attached to an aromatic ring is 1. The highest BCUT2D eigenvalue weighted by Gasteiger charge is 2.35. The number of carbonyl (C=O) groups is 1. The molecule has 11 heteroatoms. The molecule has 0 bridgehead atoms. The highest BCUT2D eigenvalue weighted by Crippen LogP contribution is 2.37. The number of rotatable bonds is 3. The Hall–Kier alpha value is -2.74. The van der Waals surface area contributed by atoms with E-state index in [4.69, 9.17) is 11.0 Å². The summed E-state index contributed by atoms with van der Waals surface area (Å²) in [7, 11) is 1.01. The summed E-state index contributed by atoms with van der Waals surface area (Å²) in [5.41, 5.74) is 4.19. The van der Waals surface area contributed by atoms with E-state index < -0.39 is 35.3 Å². The van der Waals surface area contributed by atoms with Gasteiger partial charge in [0, 0.05) is 10.7 Å². The average Bonchev–Trinajstić information content (AvgIpc) is 2.84. The Morgan fingerprint density at radius 1 is 1.40 bits per heavy atom. The topological polar surface area (TPSA) is 90.3 Å². The molecule has 132 valence electrons. The first-order chi connectivity index (χ1) is 11.6. The molecule has 0 radical (unpaired) electrons. The van der Waals surface area contributed by atoms with Crippen LogP contribution in [0.3, 0.4) is 0 Å². The van der Waals surface area contributed by atoms with Gasteiger partial charge in [-0.2, -0.15) is 5.26 Å². The maximum atomic E-state index is 14.1. The Labute approximate surface area is 146 Å². The van der Waals surface area contributed by atoms with Crippen molar-refractivity contribution in [3.8, 4) is 17.5 Å². The molecule has 1 aromatic heterocycles. The van der Waals surface area contributed by atoms with Gasteiger partial charge in [-0.1, -0.05) is 15.9 Å². The summed E-state index contributed by atoms with van der Waals surface area (Å²) in [5, 5.41) is 9.03. The van der Waals surface area contributed by atoms with E-state index in [-0.39, 0.29) is 15.7 Å². The van der Waals surface area contributed by atoms with Gasteiger partial charge < -0.3 is 19.8 Å². The first-order valence-corrected chi connectivity index (χ1v) is 7.12. The molecule has 0 amide bonds. The van der Waals surface area contributed by atoms with Crippen LogP contribution in [0.1, 0.15) is 16.1 Å². The third-order valence-corrected chi connectivity index (χ3v) is 3.47. The Kier molecular flexibility index (Phi) is 4.94. The molecule has 0 saturated heterocycles. The lowest BCUT2D eigenvalue weighted by Gasteiger charge is -2.16. The van der Waals surface area contributed by atoms with E-state index in [0.29, 0.717) is 0 Å². The van der Waals surface area contributed by atoms with Crippen LogP contribution in [-0.4, -0.2) is 24.0 Å². The number of nitriles is 1. The smallest absolute Gasteiger partial charge is 0.464 e. The summed E-state index contributed by atoms with van der Waals surface area (Å²) in [4.78, 5) is 11.9. The Bertz CT molecular complexity index is 887. The Balaban J connectivity index is 2.83. The lowest BCUT2D eigenvalue weighted by Crippen LogP contribution is -2.20. The number of ether oxygens (including phenoxy) is 2. The molecule has 0 aliphatic heterocycles.